The fourth-order valence-corrected chi connectivity index (χ4v) is 2.62. The number of carbonyl (C=O) groups is 2. The smallest absolute Gasteiger partial charge is 0.242 e. The summed E-state index contributed by atoms with van der Waals surface area (Å²) < 4.78 is 5.21. The zero-order valence-electron chi connectivity index (χ0n) is 12.5. The Morgan fingerprint density at radius 1 is 1.35 bits per heavy atom. The van der Waals surface area contributed by atoms with Crippen LogP contribution >= 0.6 is 0 Å². The molecule has 0 aromatic heterocycles. The van der Waals surface area contributed by atoms with Crippen LogP contribution in [0.1, 0.15) is 33.1 Å². The molecule has 0 aromatic rings. The number of amides is 2. The molecule has 0 radical (unpaired) electrons. The lowest BCUT2D eigenvalue weighted by atomic mass is 9.88. The molecular formula is C14H27N3O3. The molecule has 0 bridgehead atoms. The summed E-state index contributed by atoms with van der Waals surface area (Å²) >= 11 is 0. The van der Waals surface area contributed by atoms with E-state index in [4.69, 9.17) is 16.2 Å². The van der Waals surface area contributed by atoms with E-state index in [9.17, 15) is 9.59 Å². The van der Waals surface area contributed by atoms with Crippen molar-refractivity contribution in [2.45, 2.75) is 39.2 Å². The molecule has 1 aliphatic rings. The molecule has 1 fully saturated rings. The number of nitrogens with zero attached hydrogens (tertiary/aromatic N) is 1. The number of carbonyl (C=O) groups excluding carboxylic acids is 2. The molecule has 2 amide bonds. The van der Waals surface area contributed by atoms with E-state index in [1.165, 1.54) is 0 Å². The molecule has 2 atom stereocenters. The number of hydrogen-bond donors (Lipinski definition) is 2. The Morgan fingerprint density at radius 3 is 2.60 bits per heavy atom. The van der Waals surface area contributed by atoms with Gasteiger partial charge in [0, 0.05) is 13.0 Å². The van der Waals surface area contributed by atoms with E-state index in [0.29, 0.717) is 38.0 Å². The van der Waals surface area contributed by atoms with Gasteiger partial charge in [-0.05, 0) is 31.2 Å². The molecule has 0 aliphatic carbocycles. The van der Waals surface area contributed by atoms with E-state index < -0.39 is 11.9 Å². The summed E-state index contributed by atoms with van der Waals surface area (Å²) in [7, 11) is 0. The highest BCUT2D eigenvalue weighted by Crippen LogP contribution is 2.21. The van der Waals surface area contributed by atoms with Crippen LogP contribution < -0.4 is 11.5 Å². The third-order valence-electron chi connectivity index (χ3n) is 3.99. The van der Waals surface area contributed by atoms with Crippen molar-refractivity contribution in [2.24, 2.45) is 23.3 Å². The summed E-state index contributed by atoms with van der Waals surface area (Å²) in [4.78, 5) is 25.2. The fourth-order valence-electron chi connectivity index (χ4n) is 2.62. The van der Waals surface area contributed by atoms with Gasteiger partial charge in [-0.15, -0.1) is 0 Å². The first-order valence-corrected chi connectivity index (χ1v) is 7.34. The van der Waals surface area contributed by atoms with Crippen LogP contribution in [0.4, 0.5) is 0 Å². The van der Waals surface area contributed by atoms with Crippen LogP contribution in [0.2, 0.25) is 0 Å². The second-order valence-electron chi connectivity index (χ2n) is 5.70. The number of primary amides is 1. The minimum Gasteiger partial charge on any atom is -0.377 e. The molecule has 1 rings (SSSR count). The lowest BCUT2D eigenvalue weighted by molar-refractivity contribution is -0.147. The van der Waals surface area contributed by atoms with Crippen molar-refractivity contribution >= 4 is 11.8 Å². The number of ether oxygens (including phenoxy) is 1. The summed E-state index contributed by atoms with van der Waals surface area (Å²) in [5.74, 6) is 0.431. The largest absolute Gasteiger partial charge is 0.377 e. The van der Waals surface area contributed by atoms with Crippen LogP contribution in [0.5, 0.6) is 0 Å². The third kappa shape index (κ3) is 4.76. The first kappa shape index (κ1) is 16.9. The zero-order chi connectivity index (χ0) is 15.1. The van der Waals surface area contributed by atoms with Crippen molar-refractivity contribution in [3.63, 3.8) is 0 Å². The molecule has 6 nitrogen and oxygen atoms in total. The highest BCUT2D eigenvalue weighted by Gasteiger charge is 2.31. The van der Waals surface area contributed by atoms with Gasteiger partial charge in [0.1, 0.15) is 6.04 Å². The zero-order valence-corrected chi connectivity index (χ0v) is 12.5. The summed E-state index contributed by atoms with van der Waals surface area (Å²) in [6.07, 6.45) is 2.16. The maximum atomic E-state index is 12.3. The first-order valence-electron chi connectivity index (χ1n) is 7.34. The Labute approximate surface area is 120 Å². The standard InChI is InChI=1S/C14H27N3O3/c1-10(2)11(5-6-15)3-4-13(18)17-7-8-20-9-12(17)14(16)19/h10-12H,3-9,15H2,1-2H3,(H2,16,19). The van der Waals surface area contributed by atoms with Crippen molar-refractivity contribution < 1.29 is 14.3 Å². The van der Waals surface area contributed by atoms with Crippen molar-refractivity contribution in [1.29, 1.82) is 0 Å². The van der Waals surface area contributed by atoms with Gasteiger partial charge in [-0.2, -0.15) is 0 Å². The first-order chi connectivity index (χ1) is 9.47. The predicted molar refractivity (Wildman–Crippen MR) is 76.7 cm³/mol. The van der Waals surface area contributed by atoms with Gasteiger partial charge in [-0.25, -0.2) is 0 Å². The normalized spacial score (nSPS) is 21.0. The summed E-state index contributed by atoms with van der Waals surface area (Å²) in [6, 6.07) is -0.622. The quantitative estimate of drug-likeness (QED) is 0.693. The monoisotopic (exact) mass is 285 g/mol. The van der Waals surface area contributed by atoms with Crippen molar-refractivity contribution in [2.75, 3.05) is 26.3 Å². The number of nitrogens with two attached hydrogens (primary N) is 2. The predicted octanol–water partition coefficient (Wildman–Crippen LogP) is 0.100. The van der Waals surface area contributed by atoms with Crippen LogP contribution in [0.3, 0.4) is 0 Å². The van der Waals surface area contributed by atoms with E-state index >= 15 is 0 Å². The minimum atomic E-state index is -0.622. The van der Waals surface area contributed by atoms with E-state index in [-0.39, 0.29) is 12.5 Å². The Kier molecular flexibility index (Phi) is 6.95. The molecule has 1 aliphatic heterocycles. The molecule has 0 saturated carbocycles. The Hall–Kier alpha value is -1.14. The Morgan fingerprint density at radius 2 is 2.05 bits per heavy atom. The van der Waals surface area contributed by atoms with E-state index in [0.717, 1.165) is 12.8 Å². The van der Waals surface area contributed by atoms with Crippen LogP contribution in [-0.2, 0) is 14.3 Å². The lowest BCUT2D eigenvalue weighted by Crippen LogP contribution is -2.54. The number of rotatable bonds is 7. The van der Waals surface area contributed by atoms with E-state index in [2.05, 4.69) is 13.8 Å². The fraction of sp³-hybridized carbons (Fsp3) is 0.857. The molecule has 1 heterocycles. The molecule has 4 N–H and O–H groups in total. The van der Waals surface area contributed by atoms with E-state index in [1.54, 1.807) is 4.90 Å². The molecule has 116 valence electrons. The summed E-state index contributed by atoms with van der Waals surface area (Å²) in [6.45, 7) is 6.04. The van der Waals surface area contributed by atoms with Crippen LogP contribution in [0.25, 0.3) is 0 Å². The highest BCUT2D eigenvalue weighted by atomic mass is 16.5. The average Bonchev–Trinajstić information content (AvgIpc) is 2.42. The van der Waals surface area contributed by atoms with Gasteiger partial charge in [0.15, 0.2) is 0 Å². The molecule has 0 spiro atoms. The minimum absolute atomic E-state index is 0.0141. The van der Waals surface area contributed by atoms with E-state index in [1.807, 2.05) is 0 Å². The van der Waals surface area contributed by atoms with Crippen molar-refractivity contribution in [3.8, 4) is 0 Å². The second kappa shape index (κ2) is 8.21. The molecule has 20 heavy (non-hydrogen) atoms. The summed E-state index contributed by atoms with van der Waals surface area (Å²) in [5, 5.41) is 0. The highest BCUT2D eigenvalue weighted by molar-refractivity contribution is 5.86. The van der Waals surface area contributed by atoms with Crippen molar-refractivity contribution in [1.82, 2.24) is 4.90 Å². The van der Waals surface area contributed by atoms with Crippen molar-refractivity contribution in [3.05, 3.63) is 0 Å². The van der Waals surface area contributed by atoms with Gasteiger partial charge >= 0.3 is 0 Å². The molecular weight excluding hydrogens is 258 g/mol. The number of hydrogen-bond acceptors (Lipinski definition) is 4. The second-order valence-corrected chi connectivity index (χ2v) is 5.70. The SMILES string of the molecule is CC(C)C(CCN)CCC(=O)N1CCOCC1C(N)=O. The molecule has 1 saturated heterocycles. The van der Waals surface area contributed by atoms with Gasteiger partial charge in [-0.3, -0.25) is 9.59 Å². The lowest BCUT2D eigenvalue weighted by Gasteiger charge is -2.34. The van der Waals surface area contributed by atoms with Gasteiger partial charge in [0.2, 0.25) is 11.8 Å². The van der Waals surface area contributed by atoms with Crippen LogP contribution in [0, 0.1) is 11.8 Å². The maximum absolute atomic E-state index is 12.3. The molecule has 0 aromatic carbocycles. The van der Waals surface area contributed by atoms with Gasteiger partial charge < -0.3 is 21.1 Å². The van der Waals surface area contributed by atoms with Gasteiger partial charge in [-0.1, -0.05) is 13.8 Å². The Bertz CT molecular complexity index is 334. The summed E-state index contributed by atoms with van der Waals surface area (Å²) in [5.41, 5.74) is 10.9. The molecule has 6 heteroatoms. The topological polar surface area (TPSA) is 98.7 Å². The van der Waals surface area contributed by atoms with Crippen LogP contribution in [0.15, 0.2) is 0 Å². The average molecular weight is 285 g/mol. The third-order valence-corrected chi connectivity index (χ3v) is 3.99. The maximum Gasteiger partial charge on any atom is 0.242 e. The van der Waals surface area contributed by atoms with Crippen LogP contribution in [-0.4, -0.2) is 49.1 Å². The number of morpholine rings is 1. The van der Waals surface area contributed by atoms with Gasteiger partial charge in [0.05, 0.1) is 13.2 Å². The Balaban J connectivity index is 2.53. The molecule has 2 unspecified atom stereocenters. The van der Waals surface area contributed by atoms with Gasteiger partial charge in [0.25, 0.3) is 0 Å².